The molecule has 0 saturated carbocycles. The van der Waals surface area contributed by atoms with Crippen LogP contribution in [0.25, 0.3) is 11.0 Å². The van der Waals surface area contributed by atoms with Crippen molar-refractivity contribution in [1.82, 2.24) is 5.32 Å². The van der Waals surface area contributed by atoms with Crippen LogP contribution in [0.3, 0.4) is 0 Å². The van der Waals surface area contributed by atoms with Crippen LogP contribution < -0.4 is 5.32 Å². The summed E-state index contributed by atoms with van der Waals surface area (Å²) in [6.45, 7) is 3.07. The average molecular weight is 219 g/mol. The van der Waals surface area contributed by atoms with E-state index in [4.69, 9.17) is 9.52 Å². The first-order valence-electron chi connectivity index (χ1n) is 5.68. The molecule has 16 heavy (non-hydrogen) atoms. The molecule has 1 aromatic heterocycles. The Morgan fingerprint density at radius 1 is 1.38 bits per heavy atom. The Kier molecular flexibility index (Phi) is 3.59. The Labute approximate surface area is 95.1 Å². The molecular weight excluding hydrogens is 202 g/mol. The summed E-state index contributed by atoms with van der Waals surface area (Å²) in [6, 6.07) is 10.1. The maximum Gasteiger partial charge on any atom is 0.134 e. The van der Waals surface area contributed by atoms with Crippen LogP contribution >= 0.6 is 0 Å². The summed E-state index contributed by atoms with van der Waals surface area (Å²) >= 11 is 0. The van der Waals surface area contributed by atoms with Gasteiger partial charge in [0.15, 0.2) is 0 Å². The SMILES string of the molecule is CCNC(CCO)c1cc2ccccc2o1. The molecule has 0 spiro atoms. The lowest BCUT2D eigenvalue weighted by molar-refractivity contribution is 0.257. The highest BCUT2D eigenvalue weighted by molar-refractivity contribution is 5.77. The zero-order chi connectivity index (χ0) is 11.4. The number of furan rings is 1. The molecule has 3 nitrogen and oxygen atoms in total. The van der Waals surface area contributed by atoms with Crippen LogP contribution in [0.5, 0.6) is 0 Å². The number of aliphatic hydroxyl groups is 1. The van der Waals surface area contributed by atoms with Crippen LogP contribution in [-0.4, -0.2) is 18.3 Å². The lowest BCUT2D eigenvalue weighted by Gasteiger charge is -2.13. The fraction of sp³-hybridized carbons (Fsp3) is 0.385. The fourth-order valence-corrected chi connectivity index (χ4v) is 1.89. The Hall–Kier alpha value is -1.32. The monoisotopic (exact) mass is 219 g/mol. The number of nitrogens with one attached hydrogen (secondary N) is 1. The van der Waals surface area contributed by atoms with Crippen molar-refractivity contribution in [3.8, 4) is 0 Å². The highest BCUT2D eigenvalue weighted by Crippen LogP contribution is 2.25. The molecule has 86 valence electrons. The first-order chi connectivity index (χ1) is 7.85. The normalized spacial score (nSPS) is 13.1. The third-order valence-electron chi connectivity index (χ3n) is 2.66. The van der Waals surface area contributed by atoms with Crippen LogP contribution in [0.1, 0.15) is 25.1 Å². The molecular formula is C13H17NO2. The molecule has 1 heterocycles. The minimum Gasteiger partial charge on any atom is -0.459 e. The van der Waals surface area contributed by atoms with E-state index in [0.29, 0.717) is 6.42 Å². The maximum absolute atomic E-state index is 9.02. The van der Waals surface area contributed by atoms with Gasteiger partial charge in [-0.1, -0.05) is 25.1 Å². The Morgan fingerprint density at radius 2 is 2.19 bits per heavy atom. The van der Waals surface area contributed by atoms with Gasteiger partial charge in [0.1, 0.15) is 11.3 Å². The number of hydrogen-bond acceptors (Lipinski definition) is 3. The van der Waals surface area contributed by atoms with E-state index in [1.165, 1.54) is 0 Å². The topological polar surface area (TPSA) is 45.4 Å². The molecule has 1 unspecified atom stereocenters. The van der Waals surface area contributed by atoms with Crippen molar-refractivity contribution in [3.05, 3.63) is 36.1 Å². The smallest absolute Gasteiger partial charge is 0.134 e. The first-order valence-corrected chi connectivity index (χ1v) is 5.68. The molecule has 0 saturated heterocycles. The van der Waals surface area contributed by atoms with Gasteiger partial charge in [-0.3, -0.25) is 0 Å². The van der Waals surface area contributed by atoms with Gasteiger partial charge in [-0.15, -0.1) is 0 Å². The third-order valence-corrected chi connectivity index (χ3v) is 2.66. The van der Waals surface area contributed by atoms with Gasteiger partial charge in [0, 0.05) is 12.0 Å². The highest BCUT2D eigenvalue weighted by Gasteiger charge is 2.14. The number of aliphatic hydroxyl groups excluding tert-OH is 1. The average Bonchev–Trinajstić information content (AvgIpc) is 2.72. The van der Waals surface area contributed by atoms with Gasteiger partial charge in [0.2, 0.25) is 0 Å². The number of para-hydroxylation sites is 1. The standard InChI is InChI=1S/C13H17NO2/c1-2-14-11(7-8-15)13-9-10-5-3-4-6-12(10)16-13/h3-6,9,11,14-15H,2,7-8H2,1H3. The van der Waals surface area contributed by atoms with E-state index in [9.17, 15) is 0 Å². The lowest BCUT2D eigenvalue weighted by atomic mass is 10.1. The van der Waals surface area contributed by atoms with Gasteiger partial charge in [-0.25, -0.2) is 0 Å². The quantitative estimate of drug-likeness (QED) is 0.812. The van der Waals surface area contributed by atoms with Crippen LogP contribution in [0.4, 0.5) is 0 Å². The second-order valence-corrected chi connectivity index (χ2v) is 3.81. The van der Waals surface area contributed by atoms with E-state index < -0.39 is 0 Å². The van der Waals surface area contributed by atoms with Crippen molar-refractivity contribution in [1.29, 1.82) is 0 Å². The molecule has 2 N–H and O–H groups in total. The predicted octanol–water partition coefficient (Wildman–Crippen LogP) is 2.47. The number of rotatable bonds is 5. The minimum atomic E-state index is 0.0994. The molecule has 0 aliphatic heterocycles. The molecule has 0 aliphatic carbocycles. The summed E-state index contributed by atoms with van der Waals surface area (Å²) in [5, 5.41) is 13.4. The number of hydrogen-bond donors (Lipinski definition) is 2. The van der Waals surface area contributed by atoms with E-state index >= 15 is 0 Å². The van der Waals surface area contributed by atoms with E-state index in [1.54, 1.807) is 0 Å². The fourth-order valence-electron chi connectivity index (χ4n) is 1.89. The van der Waals surface area contributed by atoms with Crippen molar-refractivity contribution >= 4 is 11.0 Å². The summed E-state index contributed by atoms with van der Waals surface area (Å²) in [4.78, 5) is 0. The van der Waals surface area contributed by atoms with Crippen LogP contribution in [0.15, 0.2) is 34.7 Å². The number of benzene rings is 1. The maximum atomic E-state index is 9.02. The molecule has 1 atom stereocenters. The molecule has 0 amide bonds. The summed E-state index contributed by atoms with van der Waals surface area (Å²) in [5.74, 6) is 0.900. The number of fused-ring (bicyclic) bond motifs is 1. The van der Waals surface area contributed by atoms with E-state index in [0.717, 1.165) is 23.3 Å². The van der Waals surface area contributed by atoms with Gasteiger partial charge < -0.3 is 14.8 Å². The van der Waals surface area contributed by atoms with E-state index in [1.807, 2.05) is 37.3 Å². The molecule has 0 aliphatic rings. The van der Waals surface area contributed by atoms with Crippen LogP contribution in [-0.2, 0) is 0 Å². The first kappa shape index (κ1) is 11.2. The Morgan fingerprint density at radius 3 is 2.88 bits per heavy atom. The molecule has 3 heteroatoms. The van der Waals surface area contributed by atoms with Gasteiger partial charge in [0.25, 0.3) is 0 Å². The highest BCUT2D eigenvalue weighted by atomic mass is 16.3. The summed E-state index contributed by atoms with van der Waals surface area (Å²) < 4.78 is 5.76. The summed E-state index contributed by atoms with van der Waals surface area (Å²) in [7, 11) is 0. The third kappa shape index (κ3) is 2.26. The molecule has 0 bridgehead atoms. The Bertz CT molecular complexity index is 411. The van der Waals surface area contributed by atoms with Crippen molar-refractivity contribution in [2.75, 3.05) is 13.2 Å². The van der Waals surface area contributed by atoms with Gasteiger partial charge in [0.05, 0.1) is 6.04 Å². The predicted molar refractivity (Wildman–Crippen MR) is 64.3 cm³/mol. The molecule has 0 fully saturated rings. The largest absolute Gasteiger partial charge is 0.459 e. The molecule has 1 aromatic carbocycles. The van der Waals surface area contributed by atoms with Gasteiger partial charge >= 0.3 is 0 Å². The van der Waals surface area contributed by atoms with Gasteiger partial charge in [-0.2, -0.15) is 0 Å². The van der Waals surface area contributed by atoms with Crippen molar-refractivity contribution in [2.24, 2.45) is 0 Å². The second kappa shape index (κ2) is 5.14. The second-order valence-electron chi connectivity index (χ2n) is 3.81. The van der Waals surface area contributed by atoms with Crippen molar-refractivity contribution in [2.45, 2.75) is 19.4 Å². The zero-order valence-corrected chi connectivity index (χ0v) is 9.44. The molecule has 2 rings (SSSR count). The summed E-state index contributed by atoms with van der Waals surface area (Å²) in [5.41, 5.74) is 0.901. The Balaban J connectivity index is 2.29. The summed E-state index contributed by atoms with van der Waals surface area (Å²) in [6.07, 6.45) is 0.674. The molecule has 0 radical (unpaired) electrons. The molecule has 2 aromatic rings. The van der Waals surface area contributed by atoms with Crippen LogP contribution in [0, 0.1) is 0 Å². The van der Waals surface area contributed by atoms with Crippen molar-refractivity contribution in [3.63, 3.8) is 0 Å². The van der Waals surface area contributed by atoms with Crippen LogP contribution in [0.2, 0.25) is 0 Å². The lowest BCUT2D eigenvalue weighted by Crippen LogP contribution is -2.21. The zero-order valence-electron chi connectivity index (χ0n) is 9.44. The van der Waals surface area contributed by atoms with Crippen molar-refractivity contribution < 1.29 is 9.52 Å². The van der Waals surface area contributed by atoms with Gasteiger partial charge in [-0.05, 0) is 25.1 Å². The minimum absolute atomic E-state index is 0.0994. The van der Waals surface area contributed by atoms with E-state index in [-0.39, 0.29) is 12.6 Å². The van der Waals surface area contributed by atoms with E-state index in [2.05, 4.69) is 5.32 Å².